The van der Waals surface area contributed by atoms with E-state index in [9.17, 15) is 9.59 Å². The number of carbonyl (C=O) groups is 1. The normalized spacial score (nSPS) is 15.8. The fraction of sp³-hybridized carbons (Fsp3) is 0.333. The van der Waals surface area contributed by atoms with Gasteiger partial charge in [0.25, 0.3) is 5.56 Å². The highest BCUT2D eigenvalue weighted by Gasteiger charge is 2.30. The second kappa shape index (κ2) is 9.69. The number of methoxy groups -OCH3 is 1. The van der Waals surface area contributed by atoms with E-state index in [4.69, 9.17) is 4.74 Å². The smallest absolute Gasteiger partial charge is 0.255 e. The number of aromatic amines is 1. The van der Waals surface area contributed by atoms with Crippen LogP contribution in [0.3, 0.4) is 0 Å². The summed E-state index contributed by atoms with van der Waals surface area (Å²) in [7, 11) is 1.55. The molecule has 186 valence electrons. The van der Waals surface area contributed by atoms with Crippen molar-refractivity contribution in [2.24, 2.45) is 0 Å². The fourth-order valence-electron chi connectivity index (χ4n) is 5.92. The highest BCUT2D eigenvalue weighted by Crippen LogP contribution is 2.42. The molecule has 0 aliphatic carbocycles. The number of H-pyrrole nitrogens is 1. The molecule has 2 aromatic carbocycles. The second-order valence-electron chi connectivity index (χ2n) is 9.75. The average Bonchev–Trinajstić information content (AvgIpc) is 3.18. The van der Waals surface area contributed by atoms with Crippen molar-refractivity contribution in [3.8, 4) is 5.75 Å². The summed E-state index contributed by atoms with van der Waals surface area (Å²) in [6.07, 6.45) is 1.60. The highest BCUT2D eigenvalue weighted by atomic mass is 16.5. The first-order valence-electron chi connectivity index (χ1n) is 12.6. The molecule has 36 heavy (non-hydrogen) atoms. The molecule has 0 spiro atoms. The maximum atomic E-state index is 13.7. The van der Waals surface area contributed by atoms with Gasteiger partial charge in [0, 0.05) is 58.5 Å². The molecule has 6 heteroatoms. The van der Waals surface area contributed by atoms with E-state index in [0.29, 0.717) is 23.7 Å². The number of aromatic nitrogens is 2. The van der Waals surface area contributed by atoms with Gasteiger partial charge in [-0.3, -0.25) is 9.59 Å². The van der Waals surface area contributed by atoms with Crippen LogP contribution in [0.5, 0.6) is 5.75 Å². The summed E-state index contributed by atoms with van der Waals surface area (Å²) in [6, 6.07) is 18.7. The standard InChI is InChI=1S/C30H33N3O3/c1-18-17-28(36-4)24(30(35)32-18)13-14-27(34)29-20(3)33(26-12-8-6-10-23(26)29)19(2)21-15-16-31-25-11-7-5-9-22(21)25/h5-12,17,19,21,31H,13-16H2,1-4H3,(H,32,35). The van der Waals surface area contributed by atoms with Crippen LogP contribution in [-0.2, 0) is 6.42 Å². The van der Waals surface area contributed by atoms with Crippen LogP contribution in [0.4, 0.5) is 5.69 Å². The monoisotopic (exact) mass is 483 g/mol. The molecular formula is C30H33N3O3. The van der Waals surface area contributed by atoms with Gasteiger partial charge in [0.2, 0.25) is 0 Å². The summed E-state index contributed by atoms with van der Waals surface area (Å²) in [5.41, 5.74) is 6.38. The molecule has 0 saturated carbocycles. The minimum Gasteiger partial charge on any atom is -0.496 e. The number of hydrogen-bond donors (Lipinski definition) is 2. The number of carbonyl (C=O) groups excluding carboxylic acids is 1. The topological polar surface area (TPSA) is 76.1 Å². The maximum absolute atomic E-state index is 13.7. The summed E-state index contributed by atoms with van der Waals surface area (Å²) < 4.78 is 7.77. The van der Waals surface area contributed by atoms with Crippen LogP contribution in [0.15, 0.2) is 59.4 Å². The van der Waals surface area contributed by atoms with Gasteiger partial charge in [0.1, 0.15) is 5.75 Å². The first-order valence-corrected chi connectivity index (χ1v) is 12.6. The number of ketones is 1. The molecule has 2 N–H and O–H groups in total. The van der Waals surface area contributed by atoms with Crippen molar-refractivity contribution in [2.75, 3.05) is 19.0 Å². The third kappa shape index (κ3) is 4.11. The summed E-state index contributed by atoms with van der Waals surface area (Å²) in [5, 5.41) is 4.49. The molecule has 0 bridgehead atoms. The molecule has 4 aromatic rings. The molecule has 2 unspecified atom stereocenters. The zero-order chi connectivity index (χ0) is 25.4. The highest BCUT2D eigenvalue weighted by molar-refractivity contribution is 6.09. The maximum Gasteiger partial charge on any atom is 0.255 e. The number of anilines is 1. The van der Waals surface area contributed by atoms with Crippen LogP contribution in [0, 0.1) is 13.8 Å². The summed E-state index contributed by atoms with van der Waals surface area (Å²) >= 11 is 0. The number of ether oxygens (including phenoxy) is 1. The largest absolute Gasteiger partial charge is 0.496 e. The van der Waals surface area contributed by atoms with Crippen LogP contribution in [-0.4, -0.2) is 29.0 Å². The lowest BCUT2D eigenvalue weighted by molar-refractivity contribution is 0.0983. The van der Waals surface area contributed by atoms with E-state index in [2.05, 4.69) is 59.0 Å². The van der Waals surface area contributed by atoms with Crippen molar-refractivity contribution in [3.63, 3.8) is 0 Å². The molecule has 0 fully saturated rings. The zero-order valence-corrected chi connectivity index (χ0v) is 21.4. The Morgan fingerprint density at radius 1 is 1.14 bits per heavy atom. The number of pyridine rings is 1. The SMILES string of the molecule is COc1cc(C)[nH]c(=O)c1CCC(=O)c1c(C)n(C(C)C2CCNc3ccccc32)c2ccccc12. The van der Waals surface area contributed by atoms with E-state index in [0.717, 1.165) is 40.8 Å². The lowest BCUT2D eigenvalue weighted by atomic mass is 9.85. The predicted octanol–water partition coefficient (Wildman–Crippen LogP) is 5.93. The van der Waals surface area contributed by atoms with Crippen LogP contribution in [0.1, 0.15) is 64.6 Å². The summed E-state index contributed by atoms with van der Waals surface area (Å²) in [5.74, 6) is 0.916. The number of benzene rings is 2. The van der Waals surface area contributed by atoms with Gasteiger partial charge in [-0.15, -0.1) is 0 Å². The average molecular weight is 484 g/mol. The van der Waals surface area contributed by atoms with Gasteiger partial charge in [0.05, 0.1) is 12.7 Å². The Balaban J connectivity index is 1.51. The summed E-state index contributed by atoms with van der Waals surface area (Å²) in [4.78, 5) is 29.1. The fourth-order valence-corrected chi connectivity index (χ4v) is 5.92. The Morgan fingerprint density at radius 2 is 1.89 bits per heavy atom. The van der Waals surface area contributed by atoms with E-state index >= 15 is 0 Å². The van der Waals surface area contributed by atoms with E-state index in [1.807, 2.05) is 25.1 Å². The van der Waals surface area contributed by atoms with Gasteiger partial charge >= 0.3 is 0 Å². The van der Waals surface area contributed by atoms with Crippen molar-refractivity contribution in [2.45, 2.75) is 52.0 Å². The molecule has 5 rings (SSSR count). The Kier molecular flexibility index (Phi) is 6.44. The molecule has 0 radical (unpaired) electrons. The Morgan fingerprint density at radius 3 is 2.69 bits per heavy atom. The van der Waals surface area contributed by atoms with E-state index in [-0.39, 0.29) is 23.8 Å². The van der Waals surface area contributed by atoms with Crippen molar-refractivity contribution in [1.29, 1.82) is 0 Å². The second-order valence-corrected chi connectivity index (χ2v) is 9.75. The van der Waals surface area contributed by atoms with Crippen LogP contribution in [0.25, 0.3) is 10.9 Å². The molecule has 3 heterocycles. The molecule has 1 aliphatic heterocycles. The first kappa shape index (κ1) is 23.9. The van der Waals surface area contributed by atoms with Gasteiger partial charge in [-0.1, -0.05) is 36.4 Å². The van der Waals surface area contributed by atoms with Crippen LogP contribution in [0.2, 0.25) is 0 Å². The van der Waals surface area contributed by atoms with Gasteiger partial charge in [-0.05, 0) is 57.4 Å². The van der Waals surface area contributed by atoms with Crippen molar-refractivity contribution in [3.05, 3.63) is 93.0 Å². The Labute approximate surface area is 211 Å². The number of nitrogens with one attached hydrogen (secondary N) is 2. The minimum absolute atomic E-state index is 0.0439. The number of para-hydroxylation sites is 2. The molecule has 2 atom stereocenters. The van der Waals surface area contributed by atoms with Gasteiger partial charge in [0.15, 0.2) is 5.78 Å². The summed E-state index contributed by atoms with van der Waals surface area (Å²) in [6.45, 7) is 7.06. The number of Topliss-reactive ketones (excluding diaryl/α,β-unsaturated/α-hetero) is 1. The number of fused-ring (bicyclic) bond motifs is 2. The Hall–Kier alpha value is -3.80. The predicted molar refractivity (Wildman–Crippen MR) is 145 cm³/mol. The quantitative estimate of drug-likeness (QED) is 0.320. The van der Waals surface area contributed by atoms with Crippen LogP contribution >= 0.6 is 0 Å². The number of rotatable bonds is 7. The van der Waals surface area contributed by atoms with Crippen molar-refractivity contribution >= 4 is 22.4 Å². The van der Waals surface area contributed by atoms with E-state index in [1.165, 1.54) is 11.3 Å². The molecule has 6 nitrogen and oxygen atoms in total. The third-order valence-corrected chi connectivity index (χ3v) is 7.61. The zero-order valence-electron chi connectivity index (χ0n) is 21.4. The number of nitrogens with zero attached hydrogens (tertiary/aromatic N) is 1. The van der Waals surface area contributed by atoms with Gasteiger partial charge in [-0.25, -0.2) is 0 Å². The molecule has 1 aliphatic rings. The lowest BCUT2D eigenvalue weighted by Crippen LogP contribution is -2.24. The van der Waals surface area contributed by atoms with E-state index in [1.54, 1.807) is 13.2 Å². The number of aryl methyl sites for hydroxylation is 1. The lowest BCUT2D eigenvalue weighted by Gasteiger charge is -2.33. The molecule has 2 aromatic heterocycles. The van der Waals surface area contributed by atoms with Gasteiger partial charge in [-0.2, -0.15) is 0 Å². The van der Waals surface area contributed by atoms with Crippen molar-refractivity contribution in [1.82, 2.24) is 9.55 Å². The first-order chi connectivity index (χ1) is 17.4. The third-order valence-electron chi connectivity index (χ3n) is 7.61. The Bertz CT molecular complexity index is 1500. The molecular weight excluding hydrogens is 450 g/mol. The number of hydrogen-bond acceptors (Lipinski definition) is 4. The van der Waals surface area contributed by atoms with E-state index < -0.39 is 0 Å². The van der Waals surface area contributed by atoms with Crippen molar-refractivity contribution < 1.29 is 9.53 Å². The van der Waals surface area contributed by atoms with Crippen LogP contribution < -0.4 is 15.6 Å². The van der Waals surface area contributed by atoms with Gasteiger partial charge < -0.3 is 19.6 Å². The molecule has 0 saturated heterocycles. The molecule has 0 amide bonds. The minimum atomic E-state index is -0.197.